The van der Waals surface area contributed by atoms with E-state index in [9.17, 15) is 9.59 Å². The minimum Gasteiger partial charge on any atom is -0.497 e. The summed E-state index contributed by atoms with van der Waals surface area (Å²) in [5.74, 6) is 1.89. The fraction of sp³-hybridized carbons (Fsp3) is 0.333. The molecule has 0 atom stereocenters. The van der Waals surface area contributed by atoms with Gasteiger partial charge in [-0.1, -0.05) is 32.0 Å². The van der Waals surface area contributed by atoms with Crippen LogP contribution in [0.2, 0.25) is 0 Å². The van der Waals surface area contributed by atoms with Crippen molar-refractivity contribution in [3.05, 3.63) is 76.0 Å². The van der Waals surface area contributed by atoms with Crippen LogP contribution in [-0.4, -0.2) is 48.6 Å². The van der Waals surface area contributed by atoms with Gasteiger partial charge in [0.2, 0.25) is 12.7 Å². The molecule has 4 rings (SSSR count). The molecule has 1 aliphatic heterocycles. The number of ether oxygens (including phenoxy) is 3. The monoisotopic (exact) mass is 494 g/mol. The van der Waals surface area contributed by atoms with Gasteiger partial charge < -0.3 is 24.0 Å². The first-order valence-electron chi connectivity index (χ1n) is 11.5. The summed E-state index contributed by atoms with van der Waals surface area (Å²) in [7, 11) is 1.57. The summed E-state index contributed by atoms with van der Waals surface area (Å²) in [4.78, 5) is 31.5. The summed E-state index contributed by atoms with van der Waals surface area (Å²) in [6, 6.07) is 16.7. The van der Waals surface area contributed by atoms with E-state index in [0.29, 0.717) is 42.4 Å². The van der Waals surface area contributed by atoms with Crippen molar-refractivity contribution in [2.75, 3.05) is 27.0 Å². The molecular formula is C27H30N2O5S. The third kappa shape index (κ3) is 6.33. The average Bonchev–Trinajstić information content (AvgIpc) is 3.54. The van der Waals surface area contributed by atoms with Gasteiger partial charge in [0.1, 0.15) is 12.3 Å². The number of carbonyl (C=O) groups excluding carboxylic acids is 2. The predicted octanol–water partition coefficient (Wildman–Crippen LogP) is 4.81. The van der Waals surface area contributed by atoms with E-state index in [2.05, 4.69) is 0 Å². The van der Waals surface area contributed by atoms with Crippen LogP contribution in [0.5, 0.6) is 17.2 Å². The van der Waals surface area contributed by atoms with Gasteiger partial charge in [-0.25, -0.2) is 0 Å². The lowest BCUT2D eigenvalue weighted by Crippen LogP contribution is -2.43. The number of hydrogen-bond donors (Lipinski definition) is 0. The zero-order valence-corrected chi connectivity index (χ0v) is 21.0. The van der Waals surface area contributed by atoms with Crippen LogP contribution in [0.25, 0.3) is 0 Å². The Kier molecular flexibility index (Phi) is 7.92. The van der Waals surface area contributed by atoms with Crippen LogP contribution in [0.15, 0.2) is 60.0 Å². The first kappa shape index (κ1) is 24.6. The van der Waals surface area contributed by atoms with Gasteiger partial charge in [0.05, 0.1) is 13.7 Å². The maximum atomic E-state index is 13.6. The zero-order valence-electron chi connectivity index (χ0n) is 20.2. The van der Waals surface area contributed by atoms with Crippen molar-refractivity contribution in [3.63, 3.8) is 0 Å². The molecule has 0 unspecified atom stereocenters. The molecular weight excluding hydrogens is 464 g/mol. The molecule has 0 radical (unpaired) electrons. The molecule has 0 saturated heterocycles. The van der Waals surface area contributed by atoms with E-state index in [4.69, 9.17) is 14.2 Å². The molecule has 7 nitrogen and oxygen atoms in total. The van der Waals surface area contributed by atoms with E-state index < -0.39 is 0 Å². The topological polar surface area (TPSA) is 68.3 Å². The lowest BCUT2D eigenvalue weighted by atomic mass is 10.1. The fourth-order valence-electron chi connectivity index (χ4n) is 3.94. The van der Waals surface area contributed by atoms with Crippen molar-refractivity contribution in [3.8, 4) is 17.2 Å². The molecule has 0 bridgehead atoms. The average molecular weight is 495 g/mol. The van der Waals surface area contributed by atoms with Crippen molar-refractivity contribution in [1.82, 2.24) is 9.80 Å². The highest BCUT2D eigenvalue weighted by atomic mass is 32.1. The molecule has 3 aromatic rings. The van der Waals surface area contributed by atoms with Crippen LogP contribution in [0.1, 0.15) is 34.6 Å². The number of hydrogen-bond acceptors (Lipinski definition) is 6. The van der Waals surface area contributed by atoms with E-state index >= 15 is 0 Å². The van der Waals surface area contributed by atoms with E-state index in [1.165, 1.54) is 0 Å². The number of methoxy groups -OCH3 is 1. The van der Waals surface area contributed by atoms with Gasteiger partial charge in [-0.3, -0.25) is 9.59 Å². The Morgan fingerprint density at radius 3 is 2.57 bits per heavy atom. The molecule has 2 heterocycles. The molecule has 2 aromatic carbocycles. The van der Waals surface area contributed by atoms with Crippen molar-refractivity contribution < 1.29 is 23.8 Å². The molecule has 0 N–H and O–H groups in total. The molecule has 0 aliphatic carbocycles. The van der Waals surface area contributed by atoms with Gasteiger partial charge in [-0.05, 0) is 53.3 Å². The first-order chi connectivity index (χ1) is 16.9. The number of nitrogens with zero attached hydrogens (tertiary/aromatic N) is 2. The Labute approximate surface area is 209 Å². The van der Waals surface area contributed by atoms with Gasteiger partial charge in [0.25, 0.3) is 5.91 Å². The number of fused-ring (bicyclic) bond motifs is 1. The Morgan fingerprint density at radius 2 is 1.83 bits per heavy atom. The zero-order chi connectivity index (χ0) is 24.8. The second-order valence-electron chi connectivity index (χ2n) is 8.83. The maximum Gasteiger partial charge on any atom is 0.254 e. The summed E-state index contributed by atoms with van der Waals surface area (Å²) in [6.45, 7) is 5.60. The summed E-state index contributed by atoms with van der Waals surface area (Å²) in [6.07, 6.45) is 0. The summed E-state index contributed by atoms with van der Waals surface area (Å²) in [5.41, 5.74) is 1.44. The van der Waals surface area contributed by atoms with E-state index in [1.54, 1.807) is 52.5 Å². The second-order valence-corrected chi connectivity index (χ2v) is 9.86. The Balaban J connectivity index is 1.55. The van der Waals surface area contributed by atoms with Crippen LogP contribution in [0.4, 0.5) is 0 Å². The normalized spacial score (nSPS) is 12.0. The highest BCUT2D eigenvalue weighted by Gasteiger charge is 2.25. The van der Waals surface area contributed by atoms with Crippen molar-refractivity contribution in [1.29, 1.82) is 0 Å². The number of amides is 2. The number of benzene rings is 2. The summed E-state index contributed by atoms with van der Waals surface area (Å²) < 4.78 is 16.2. The van der Waals surface area contributed by atoms with Crippen LogP contribution >= 0.6 is 11.3 Å². The number of thiophene rings is 1. The van der Waals surface area contributed by atoms with Gasteiger partial charge in [0, 0.05) is 23.5 Å². The van der Waals surface area contributed by atoms with E-state index in [-0.39, 0.29) is 31.1 Å². The molecule has 1 aliphatic rings. The van der Waals surface area contributed by atoms with E-state index in [0.717, 1.165) is 10.4 Å². The molecule has 0 spiro atoms. The maximum absolute atomic E-state index is 13.6. The fourth-order valence-corrected chi connectivity index (χ4v) is 4.66. The SMILES string of the molecule is COc1cccc(C(=O)N(CC(=O)N(Cc2ccc3c(c2)OCO3)Cc2cccs2)CC(C)C)c1. The molecule has 0 fully saturated rings. The second kappa shape index (κ2) is 11.3. The number of carbonyl (C=O) groups is 2. The van der Waals surface area contributed by atoms with Gasteiger partial charge in [-0.2, -0.15) is 0 Å². The van der Waals surface area contributed by atoms with Crippen LogP contribution in [-0.2, 0) is 17.9 Å². The van der Waals surface area contributed by atoms with Gasteiger partial charge >= 0.3 is 0 Å². The molecule has 184 valence electrons. The predicted molar refractivity (Wildman–Crippen MR) is 135 cm³/mol. The lowest BCUT2D eigenvalue weighted by molar-refractivity contribution is -0.133. The number of rotatable bonds is 10. The molecule has 2 amide bonds. The summed E-state index contributed by atoms with van der Waals surface area (Å²) in [5, 5.41) is 2.00. The Morgan fingerprint density at radius 1 is 1.00 bits per heavy atom. The largest absolute Gasteiger partial charge is 0.497 e. The Bertz CT molecular complexity index is 1160. The van der Waals surface area contributed by atoms with Crippen molar-refractivity contribution >= 4 is 23.2 Å². The minimum absolute atomic E-state index is 0.00977. The van der Waals surface area contributed by atoms with Crippen LogP contribution < -0.4 is 14.2 Å². The van der Waals surface area contributed by atoms with Gasteiger partial charge in [0.15, 0.2) is 11.5 Å². The minimum atomic E-state index is -0.190. The van der Waals surface area contributed by atoms with Crippen LogP contribution in [0, 0.1) is 5.92 Å². The highest BCUT2D eigenvalue weighted by Crippen LogP contribution is 2.33. The smallest absolute Gasteiger partial charge is 0.254 e. The van der Waals surface area contributed by atoms with E-state index in [1.807, 2.05) is 49.6 Å². The standard InChI is InChI=1S/C27H30N2O5S/c1-19(2)14-29(27(31)21-6-4-7-22(13-21)32-3)17-26(30)28(16-23-8-5-11-35-23)15-20-9-10-24-25(12-20)34-18-33-24/h4-13,19H,14-18H2,1-3H3. The third-order valence-corrected chi connectivity index (χ3v) is 6.47. The van der Waals surface area contributed by atoms with Crippen molar-refractivity contribution in [2.45, 2.75) is 26.9 Å². The third-order valence-electron chi connectivity index (χ3n) is 5.61. The molecule has 1 aromatic heterocycles. The van der Waals surface area contributed by atoms with Crippen LogP contribution in [0.3, 0.4) is 0 Å². The van der Waals surface area contributed by atoms with Gasteiger partial charge in [-0.15, -0.1) is 11.3 Å². The Hall–Kier alpha value is -3.52. The molecule has 8 heteroatoms. The van der Waals surface area contributed by atoms with Crippen molar-refractivity contribution in [2.24, 2.45) is 5.92 Å². The molecule has 35 heavy (non-hydrogen) atoms. The molecule has 0 saturated carbocycles. The first-order valence-corrected chi connectivity index (χ1v) is 12.4. The lowest BCUT2D eigenvalue weighted by Gasteiger charge is -2.29. The highest BCUT2D eigenvalue weighted by molar-refractivity contribution is 7.09. The summed E-state index contributed by atoms with van der Waals surface area (Å²) >= 11 is 1.60. The quantitative estimate of drug-likeness (QED) is 0.405.